The first-order valence-corrected chi connectivity index (χ1v) is 10.1. The van der Waals surface area contributed by atoms with Gasteiger partial charge in [0.1, 0.15) is 0 Å². The van der Waals surface area contributed by atoms with Crippen LogP contribution < -0.4 is 16.0 Å². The molecule has 8 heteroatoms. The van der Waals surface area contributed by atoms with E-state index in [1.807, 2.05) is 20.8 Å². The molecule has 2 rings (SSSR count). The van der Waals surface area contributed by atoms with Gasteiger partial charge < -0.3 is 20.7 Å². The molecular weight excluding hydrogens is 378 g/mol. The molecule has 0 aromatic heterocycles. The second-order valence-electron chi connectivity index (χ2n) is 8.35. The molecule has 0 saturated heterocycles. The lowest BCUT2D eigenvalue weighted by molar-refractivity contribution is 0.144. The Balaban J connectivity index is 1.94. The van der Waals surface area contributed by atoms with Crippen LogP contribution in [0.4, 0.5) is 13.6 Å². The summed E-state index contributed by atoms with van der Waals surface area (Å²) in [6, 6.07) is 4.14. The van der Waals surface area contributed by atoms with E-state index in [9.17, 15) is 13.6 Å². The second kappa shape index (κ2) is 10.4. The summed E-state index contributed by atoms with van der Waals surface area (Å²) in [6.07, 6.45) is 3.09. The van der Waals surface area contributed by atoms with E-state index in [2.05, 4.69) is 20.9 Å². The van der Waals surface area contributed by atoms with Gasteiger partial charge in [-0.05, 0) is 71.1 Å². The van der Waals surface area contributed by atoms with Crippen molar-refractivity contribution in [3.63, 3.8) is 0 Å². The molecule has 0 bridgehead atoms. The van der Waals surface area contributed by atoms with Crippen LogP contribution in [-0.2, 0) is 11.3 Å². The largest absolute Gasteiger partial charge is 0.450 e. The molecule has 0 aliphatic heterocycles. The molecule has 3 N–H and O–H groups in total. The zero-order chi connectivity index (χ0) is 21.4. The number of amides is 1. The SMILES string of the molecule is CCOC(=O)NC1CCC(NC(=NCc2ccc(F)c(F)c2)NC(C)(C)C)CC1. The molecule has 162 valence electrons. The maximum atomic E-state index is 13.4. The fourth-order valence-corrected chi connectivity index (χ4v) is 3.20. The molecule has 1 aromatic rings. The Kier molecular flexibility index (Phi) is 8.22. The molecule has 1 aliphatic rings. The topological polar surface area (TPSA) is 74.8 Å². The third-order valence-corrected chi connectivity index (χ3v) is 4.56. The summed E-state index contributed by atoms with van der Waals surface area (Å²) in [5.74, 6) is -1.11. The van der Waals surface area contributed by atoms with Crippen LogP contribution in [0, 0.1) is 11.6 Å². The van der Waals surface area contributed by atoms with Crippen LogP contribution in [0.1, 0.15) is 58.9 Å². The summed E-state index contributed by atoms with van der Waals surface area (Å²) in [6.45, 7) is 8.47. The third kappa shape index (κ3) is 8.25. The van der Waals surface area contributed by atoms with Gasteiger partial charge in [0.25, 0.3) is 0 Å². The van der Waals surface area contributed by atoms with E-state index < -0.39 is 11.6 Å². The fraction of sp³-hybridized carbons (Fsp3) is 0.619. The van der Waals surface area contributed by atoms with Gasteiger partial charge in [-0.3, -0.25) is 0 Å². The zero-order valence-electron chi connectivity index (χ0n) is 17.6. The van der Waals surface area contributed by atoms with Crippen molar-refractivity contribution in [1.82, 2.24) is 16.0 Å². The Morgan fingerprint density at radius 3 is 2.28 bits per heavy atom. The molecular formula is C21H32F2N4O2. The van der Waals surface area contributed by atoms with Crippen molar-refractivity contribution in [3.05, 3.63) is 35.4 Å². The van der Waals surface area contributed by atoms with Crippen LogP contribution in [0.5, 0.6) is 0 Å². The molecule has 1 aliphatic carbocycles. The van der Waals surface area contributed by atoms with Crippen molar-refractivity contribution >= 4 is 12.1 Å². The van der Waals surface area contributed by atoms with Gasteiger partial charge in [-0.15, -0.1) is 0 Å². The summed E-state index contributed by atoms with van der Waals surface area (Å²) < 4.78 is 31.5. The van der Waals surface area contributed by atoms with Crippen molar-refractivity contribution < 1.29 is 18.3 Å². The van der Waals surface area contributed by atoms with Gasteiger partial charge in [0.15, 0.2) is 17.6 Å². The first-order valence-electron chi connectivity index (χ1n) is 10.1. The lowest BCUT2D eigenvalue weighted by atomic mass is 9.91. The van der Waals surface area contributed by atoms with Gasteiger partial charge in [0.05, 0.1) is 13.2 Å². The standard InChI is InChI=1S/C21H32F2N4O2/c1-5-29-20(28)26-16-9-7-15(8-10-16)25-19(27-21(2,3)4)24-13-14-6-11-17(22)18(23)12-14/h6,11-12,15-16H,5,7-10,13H2,1-4H3,(H,26,28)(H2,24,25,27). The first kappa shape index (κ1) is 22.9. The Hall–Kier alpha value is -2.38. The fourth-order valence-electron chi connectivity index (χ4n) is 3.20. The number of alkyl carbamates (subject to hydrolysis) is 1. The van der Waals surface area contributed by atoms with Crippen LogP contribution >= 0.6 is 0 Å². The predicted octanol–water partition coefficient (Wildman–Crippen LogP) is 3.86. The Morgan fingerprint density at radius 2 is 1.72 bits per heavy atom. The molecule has 1 fully saturated rings. The molecule has 0 spiro atoms. The van der Waals surface area contributed by atoms with Crippen LogP contribution in [0.25, 0.3) is 0 Å². The minimum atomic E-state index is -0.872. The van der Waals surface area contributed by atoms with Gasteiger partial charge >= 0.3 is 6.09 Å². The number of carbonyl (C=O) groups excluding carboxylic acids is 1. The molecule has 0 radical (unpaired) electrons. The minimum Gasteiger partial charge on any atom is -0.450 e. The number of nitrogens with one attached hydrogen (secondary N) is 3. The van der Waals surface area contributed by atoms with E-state index in [1.54, 1.807) is 6.92 Å². The average Bonchev–Trinajstić information content (AvgIpc) is 2.63. The molecule has 0 atom stereocenters. The van der Waals surface area contributed by atoms with E-state index >= 15 is 0 Å². The number of hydrogen-bond donors (Lipinski definition) is 3. The van der Waals surface area contributed by atoms with E-state index in [-0.39, 0.29) is 30.3 Å². The summed E-state index contributed by atoms with van der Waals surface area (Å²) in [5, 5.41) is 9.66. The number of benzene rings is 1. The average molecular weight is 411 g/mol. The van der Waals surface area contributed by atoms with E-state index in [0.717, 1.165) is 31.7 Å². The minimum absolute atomic E-state index is 0.116. The molecule has 1 amide bonds. The quantitative estimate of drug-likeness (QED) is 0.509. The van der Waals surface area contributed by atoms with Crippen molar-refractivity contribution in [2.24, 2.45) is 4.99 Å². The Labute approximate surface area is 171 Å². The van der Waals surface area contributed by atoms with E-state index in [1.165, 1.54) is 12.1 Å². The Bertz CT molecular complexity index is 711. The highest BCUT2D eigenvalue weighted by molar-refractivity contribution is 5.80. The van der Waals surface area contributed by atoms with Crippen LogP contribution in [0.3, 0.4) is 0 Å². The Morgan fingerprint density at radius 1 is 1.10 bits per heavy atom. The van der Waals surface area contributed by atoms with Crippen LogP contribution in [-0.4, -0.2) is 36.3 Å². The van der Waals surface area contributed by atoms with Gasteiger partial charge in [-0.2, -0.15) is 0 Å². The molecule has 6 nitrogen and oxygen atoms in total. The summed E-state index contributed by atoms with van der Waals surface area (Å²) in [7, 11) is 0. The van der Waals surface area contributed by atoms with Gasteiger partial charge in [0.2, 0.25) is 0 Å². The molecule has 1 saturated carbocycles. The third-order valence-electron chi connectivity index (χ3n) is 4.56. The monoisotopic (exact) mass is 410 g/mol. The number of halogens is 2. The summed E-state index contributed by atoms with van der Waals surface area (Å²) in [4.78, 5) is 16.1. The van der Waals surface area contributed by atoms with Gasteiger partial charge in [-0.1, -0.05) is 6.07 Å². The predicted molar refractivity (Wildman–Crippen MR) is 110 cm³/mol. The normalized spacial score (nSPS) is 20.1. The molecule has 0 heterocycles. The number of ether oxygens (including phenoxy) is 1. The van der Waals surface area contributed by atoms with Gasteiger partial charge in [-0.25, -0.2) is 18.6 Å². The number of aliphatic imine (C=N–C) groups is 1. The number of hydrogen-bond acceptors (Lipinski definition) is 3. The van der Waals surface area contributed by atoms with E-state index in [4.69, 9.17) is 4.74 Å². The molecule has 0 unspecified atom stereocenters. The second-order valence-corrected chi connectivity index (χ2v) is 8.35. The lowest BCUT2D eigenvalue weighted by Crippen LogP contribution is -2.52. The summed E-state index contributed by atoms with van der Waals surface area (Å²) >= 11 is 0. The number of nitrogens with zero attached hydrogens (tertiary/aromatic N) is 1. The smallest absolute Gasteiger partial charge is 0.407 e. The number of rotatable bonds is 5. The van der Waals surface area contributed by atoms with Crippen LogP contribution in [0.2, 0.25) is 0 Å². The molecule has 1 aromatic carbocycles. The highest BCUT2D eigenvalue weighted by atomic mass is 19.2. The number of guanidine groups is 1. The number of carbonyl (C=O) groups is 1. The highest BCUT2D eigenvalue weighted by Gasteiger charge is 2.24. The van der Waals surface area contributed by atoms with Crippen molar-refractivity contribution in [2.45, 2.75) is 77.5 Å². The van der Waals surface area contributed by atoms with Crippen LogP contribution in [0.15, 0.2) is 23.2 Å². The maximum absolute atomic E-state index is 13.4. The van der Waals surface area contributed by atoms with Gasteiger partial charge in [0, 0.05) is 17.6 Å². The molecule has 29 heavy (non-hydrogen) atoms. The summed E-state index contributed by atoms with van der Waals surface area (Å²) in [5.41, 5.74) is 0.393. The highest BCUT2D eigenvalue weighted by Crippen LogP contribution is 2.19. The van der Waals surface area contributed by atoms with Crippen molar-refractivity contribution in [3.8, 4) is 0 Å². The van der Waals surface area contributed by atoms with Crippen molar-refractivity contribution in [2.75, 3.05) is 6.61 Å². The maximum Gasteiger partial charge on any atom is 0.407 e. The first-order chi connectivity index (χ1) is 13.7. The van der Waals surface area contributed by atoms with Crippen molar-refractivity contribution in [1.29, 1.82) is 0 Å². The van der Waals surface area contributed by atoms with E-state index in [0.29, 0.717) is 18.1 Å². The zero-order valence-corrected chi connectivity index (χ0v) is 17.6. The lowest BCUT2D eigenvalue weighted by Gasteiger charge is -2.32.